The smallest absolute Gasteiger partial charge is 0.326 e. The van der Waals surface area contributed by atoms with Gasteiger partial charge in [-0.05, 0) is 31.0 Å². The van der Waals surface area contributed by atoms with Crippen molar-refractivity contribution < 1.29 is 14.7 Å². The molecule has 0 saturated heterocycles. The number of hydrogen-bond acceptors (Lipinski definition) is 3. The number of carboxylic acids is 1. The van der Waals surface area contributed by atoms with Gasteiger partial charge in [-0.25, -0.2) is 9.48 Å². The SMILES string of the molecule is Cc1c(C(=O)N[C@H](C(=O)O)C(C)C)cnn1-c1cccc(Cl)c1. The molecule has 0 unspecified atom stereocenters. The first-order valence-electron chi connectivity index (χ1n) is 7.15. The molecule has 0 bridgehead atoms. The maximum Gasteiger partial charge on any atom is 0.326 e. The monoisotopic (exact) mass is 335 g/mol. The van der Waals surface area contributed by atoms with Crippen molar-refractivity contribution >= 4 is 23.5 Å². The van der Waals surface area contributed by atoms with Crippen molar-refractivity contribution in [2.24, 2.45) is 5.92 Å². The van der Waals surface area contributed by atoms with E-state index in [1.165, 1.54) is 6.20 Å². The normalized spacial score (nSPS) is 12.2. The van der Waals surface area contributed by atoms with Crippen molar-refractivity contribution in [3.8, 4) is 5.69 Å². The van der Waals surface area contributed by atoms with E-state index in [2.05, 4.69) is 10.4 Å². The average molecular weight is 336 g/mol. The number of nitrogens with zero attached hydrogens (tertiary/aromatic N) is 2. The number of halogens is 1. The Bertz CT molecular complexity index is 740. The molecule has 2 N–H and O–H groups in total. The van der Waals surface area contributed by atoms with Crippen molar-refractivity contribution in [2.45, 2.75) is 26.8 Å². The Morgan fingerprint density at radius 1 is 1.35 bits per heavy atom. The van der Waals surface area contributed by atoms with Crippen LogP contribution in [-0.2, 0) is 4.79 Å². The number of carbonyl (C=O) groups is 2. The minimum absolute atomic E-state index is 0.222. The molecule has 0 radical (unpaired) electrons. The summed E-state index contributed by atoms with van der Waals surface area (Å²) in [7, 11) is 0. The lowest BCUT2D eigenvalue weighted by Gasteiger charge is -2.17. The number of nitrogens with one attached hydrogen (secondary N) is 1. The number of aliphatic carboxylic acids is 1. The van der Waals surface area contributed by atoms with Crippen molar-refractivity contribution in [3.63, 3.8) is 0 Å². The molecule has 6 nitrogen and oxygen atoms in total. The number of carbonyl (C=O) groups excluding carboxylic acids is 1. The van der Waals surface area contributed by atoms with E-state index < -0.39 is 17.9 Å². The summed E-state index contributed by atoms with van der Waals surface area (Å²) in [4.78, 5) is 23.5. The van der Waals surface area contributed by atoms with Crippen LogP contribution >= 0.6 is 11.6 Å². The molecule has 0 spiro atoms. The summed E-state index contributed by atoms with van der Waals surface area (Å²) in [6, 6.07) is 6.14. The van der Waals surface area contributed by atoms with Crippen LogP contribution in [-0.4, -0.2) is 32.8 Å². The third-order valence-electron chi connectivity index (χ3n) is 3.53. The first kappa shape index (κ1) is 17.0. The summed E-state index contributed by atoms with van der Waals surface area (Å²) < 4.78 is 1.59. The van der Waals surface area contributed by atoms with Gasteiger partial charge in [-0.1, -0.05) is 31.5 Å². The van der Waals surface area contributed by atoms with E-state index in [4.69, 9.17) is 11.6 Å². The molecule has 0 fully saturated rings. The molecular formula is C16H18ClN3O3. The Morgan fingerprint density at radius 2 is 2.04 bits per heavy atom. The number of amides is 1. The molecule has 23 heavy (non-hydrogen) atoms. The Morgan fingerprint density at radius 3 is 2.61 bits per heavy atom. The summed E-state index contributed by atoms with van der Waals surface area (Å²) in [5.41, 5.74) is 1.67. The maximum atomic E-state index is 12.3. The van der Waals surface area contributed by atoms with Crippen LogP contribution in [0.5, 0.6) is 0 Å². The van der Waals surface area contributed by atoms with Gasteiger partial charge in [0.25, 0.3) is 5.91 Å². The van der Waals surface area contributed by atoms with Gasteiger partial charge in [0, 0.05) is 5.02 Å². The fourth-order valence-corrected chi connectivity index (χ4v) is 2.42. The lowest BCUT2D eigenvalue weighted by molar-refractivity contribution is -0.140. The maximum absolute atomic E-state index is 12.3. The number of aromatic nitrogens is 2. The molecule has 1 atom stereocenters. The van der Waals surface area contributed by atoms with Crippen molar-refractivity contribution in [1.82, 2.24) is 15.1 Å². The lowest BCUT2D eigenvalue weighted by Crippen LogP contribution is -2.44. The zero-order valence-electron chi connectivity index (χ0n) is 13.1. The molecule has 122 valence electrons. The predicted octanol–water partition coefficient (Wildman–Crippen LogP) is 2.67. The second-order valence-electron chi connectivity index (χ2n) is 5.57. The van der Waals surface area contributed by atoms with Gasteiger partial charge >= 0.3 is 5.97 Å². The van der Waals surface area contributed by atoms with E-state index in [1.807, 2.05) is 6.07 Å². The topological polar surface area (TPSA) is 84.2 Å². The lowest BCUT2D eigenvalue weighted by atomic mass is 10.0. The quantitative estimate of drug-likeness (QED) is 0.879. The molecule has 1 aromatic heterocycles. The van der Waals surface area contributed by atoms with Gasteiger partial charge in [0.1, 0.15) is 6.04 Å². The van der Waals surface area contributed by atoms with Crippen LogP contribution in [0.1, 0.15) is 29.9 Å². The molecule has 2 rings (SSSR count). The fraction of sp³-hybridized carbons (Fsp3) is 0.312. The molecule has 7 heteroatoms. The van der Waals surface area contributed by atoms with Gasteiger partial charge in [-0.15, -0.1) is 0 Å². The molecule has 1 amide bonds. The van der Waals surface area contributed by atoms with Crippen LogP contribution in [0, 0.1) is 12.8 Å². The van der Waals surface area contributed by atoms with Crippen molar-refractivity contribution in [2.75, 3.05) is 0 Å². The Kier molecular flexibility index (Phi) is 5.05. The number of hydrogen-bond donors (Lipinski definition) is 2. The molecule has 1 aromatic carbocycles. The highest BCUT2D eigenvalue weighted by atomic mass is 35.5. The van der Waals surface area contributed by atoms with Crippen LogP contribution in [0.15, 0.2) is 30.5 Å². The zero-order chi connectivity index (χ0) is 17.1. The van der Waals surface area contributed by atoms with Gasteiger partial charge in [0.05, 0.1) is 23.1 Å². The van der Waals surface area contributed by atoms with Crippen LogP contribution < -0.4 is 5.32 Å². The summed E-state index contributed by atoms with van der Waals surface area (Å²) in [6.07, 6.45) is 1.42. The van der Waals surface area contributed by atoms with Crippen LogP contribution in [0.25, 0.3) is 5.69 Å². The van der Waals surface area contributed by atoms with Gasteiger partial charge in [0.15, 0.2) is 0 Å². The second kappa shape index (κ2) is 6.83. The Labute approximate surface area is 139 Å². The van der Waals surface area contributed by atoms with Gasteiger partial charge in [0.2, 0.25) is 0 Å². The Hall–Kier alpha value is -2.34. The van der Waals surface area contributed by atoms with Crippen molar-refractivity contribution in [3.05, 3.63) is 46.7 Å². The summed E-state index contributed by atoms with van der Waals surface area (Å²) in [6.45, 7) is 5.22. The molecule has 0 aliphatic rings. The number of carboxylic acid groups (broad SMARTS) is 1. The first-order chi connectivity index (χ1) is 10.8. The highest BCUT2D eigenvalue weighted by Crippen LogP contribution is 2.18. The van der Waals surface area contributed by atoms with E-state index in [0.717, 1.165) is 5.69 Å². The second-order valence-corrected chi connectivity index (χ2v) is 6.01. The third kappa shape index (κ3) is 3.71. The van der Waals surface area contributed by atoms with E-state index in [-0.39, 0.29) is 5.92 Å². The van der Waals surface area contributed by atoms with Crippen LogP contribution in [0.2, 0.25) is 5.02 Å². The molecule has 0 aliphatic heterocycles. The fourth-order valence-electron chi connectivity index (χ4n) is 2.23. The molecular weight excluding hydrogens is 318 g/mol. The van der Waals surface area contributed by atoms with Crippen LogP contribution in [0.3, 0.4) is 0 Å². The number of benzene rings is 1. The molecule has 0 aliphatic carbocycles. The summed E-state index contributed by atoms with van der Waals surface area (Å²) in [5, 5.41) is 16.5. The van der Waals surface area contributed by atoms with E-state index >= 15 is 0 Å². The Balaban J connectivity index is 2.28. The highest BCUT2D eigenvalue weighted by Gasteiger charge is 2.25. The number of rotatable bonds is 5. The van der Waals surface area contributed by atoms with Crippen LogP contribution in [0.4, 0.5) is 0 Å². The molecule has 0 saturated carbocycles. The average Bonchev–Trinajstić information content (AvgIpc) is 2.85. The van der Waals surface area contributed by atoms with Crippen molar-refractivity contribution in [1.29, 1.82) is 0 Å². The highest BCUT2D eigenvalue weighted by molar-refractivity contribution is 6.30. The van der Waals surface area contributed by atoms with Gasteiger partial charge < -0.3 is 10.4 Å². The first-order valence-corrected chi connectivity index (χ1v) is 7.53. The summed E-state index contributed by atoms with van der Waals surface area (Å²) >= 11 is 5.97. The predicted molar refractivity (Wildman–Crippen MR) is 87.0 cm³/mol. The minimum atomic E-state index is -1.06. The third-order valence-corrected chi connectivity index (χ3v) is 3.76. The molecule has 1 heterocycles. The largest absolute Gasteiger partial charge is 0.480 e. The molecule has 2 aromatic rings. The van der Waals surface area contributed by atoms with Gasteiger partial charge in [-0.3, -0.25) is 4.79 Å². The zero-order valence-corrected chi connectivity index (χ0v) is 13.8. The standard InChI is InChI=1S/C16H18ClN3O3/c1-9(2)14(16(22)23)19-15(21)13-8-18-20(10(13)3)12-6-4-5-11(17)7-12/h4-9,14H,1-3H3,(H,19,21)(H,22,23)/t14-/m0/s1. The van der Waals surface area contributed by atoms with Gasteiger partial charge in [-0.2, -0.15) is 5.10 Å². The van der Waals surface area contributed by atoms with E-state index in [9.17, 15) is 14.7 Å². The minimum Gasteiger partial charge on any atom is -0.480 e. The van der Waals surface area contributed by atoms with E-state index in [1.54, 1.807) is 43.7 Å². The summed E-state index contributed by atoms with van der Waals surface area (Å²) in [5.74, 6) is -1.75. The van der Waals surface area contributed by atoms with E-state index in [0.29, 0.717) is 16.3 Å².